The van der Waals surface area contributed by atoms with E-state index in [1.165, 1.54) is 19.2 Å². The van der Waals surface area contributed by atoms with Gasteiger partial charge in [-0.1, -0.05) is 24.3 Å². The van der Waals surface area contributed by atoms with Crippen molar-refractivity contribution in [1.82, 2.24) is 10.2 Å². The van der Waals surface area contributed by atoms with E-state index in [0.717, 1.165) is 42.4 Å². The maximum Gasteiger partial charge on any atom is 0.327 e. The van der Waals surface area contributed by atoms with Crippen molar-refractivity contribution in [2.45, 2.75) is 44.4 Å². The number of nitrogens with zero attached hydrogens (tertiary/aromatic N) is 1. The maximum atomic E-state index is 13.4. The number of esters is 1. The maximum absolute atomic E-state index is 13.4. The highest BCUT2D eigenvalue weighted by Gasteiger charge is 2.41. The van der Waals surface area contributed by atoms with Gasteiger partial charge in [-0.3, -0.25) is 10.1 Å². The van der Waals surface area contributed by atoms with Crippen molar-refractivity contribution < 1.29 is 23.5 Å². The molecule has 2 aromatic rings. The Balaban J connectivity index is 1.68. The molecule has 1 aliphatic carbocycles. The van der Waals surface area contributed by atoms with Crippen LogP contribution in [0.1, 0.15) is 42.9 Å². The molecule has 2 aliphatic rings. The predicted octanol–water partition coefficient (Wildman–Crippen LogP) is 3.88. The molecule has 6 nitrogen and oxygen atoms in total. The Kier molecular flexibility index (Phi) is 6.55. The molecule has 168 valence electrons. The fraction of sp³-hybridized carbons (Fsp3) is 0.360. The van der Waals surface area contributed by atoms with Gasteiger partial charge in [0.25, 0.3) is 5.91 Å². The van der Waals surface area contributed by atoms with E-state index < -0.39 is 18.2 Å². The van der Waals surface area contributed by atoms with Gasteiger partial charge >= 0.3 is 5.97 Å². The van der Waals surface area contributed by atoms with Gasteiger partial charge in [-0.25, -0.2) is 9.18 Å². The van der Waals surface area contributed by atoms with Crippen LogP contribution in [0.3, 0.4) is 0 Å². The number of halogens is 1. The summed E-state index contributed by atoms with van der Waals surface area (Å²) < 4.78 is 23.8. The topological polar surface area (TPSA) is 67.9 Å². The Hall–Kier alpha value is -3.19. The van der Waals surface area contributed by atoms with Crippen molar-refractivity contribution in [2.75, 3.05) is 14.2 Å². The highest BCUT2D eigenvalue weighted by atomic mass is 19.1. The second-order valence-corrected chi connectivity index (χ2v) is 8.07. The van der Waals surface area contributed by atoms with Crippen LogP contribution in [0.15, 0.2) is 59.7 Å². The molecule has 1 amide bonds. The number of methoxy groups -OCH3 is 2. The van der Waals surface area contributed by atoms with Gasteiger partial charge < -0.3 is 14.4 Å². The lowest BCUT2D eigenvalue weighted by atomic mass is 9.92. The first-order valence-electron chi connectivity index (χ1n) is 10.8. The summed E-state index contributed by atoms with van der Waals surface area (Å²) in [5.74, 6) is -0.174. The first kappa shape index (κ1) is 22.0. The molecule has 1 aliphatic heterocycles. The second kappa shape index (κ2) is 9.53. The molecule has 0 fully saturated rings. The summed E-state index contributed by atoms with van der Waals surface area (Å²) in [6.07, 6.45) is 3.05. The minimum absolute atomic E-state index is 0.0317. The molecule has 4 rings (SSSR count). The molecular weight excluding hydrogens is 411 g/mol. The predicted molar refractivity (Wildman–Crippen MR) is 117 cm³/mol. The van der Waals surface area contributed by atoms with Gasteiger partial charge in [0.2, 0.25) is 0 Å². The molecule has 0 saturated carbocycles. The minimum Gasteiger partial charge on any atom is -0.497 e. The van der Waals surface area contributed by atoms with Gasteiger partial charge in [0.05, 0.1) is 14.2 Å². The molecule has 0 unspecified atom stereocenters. The van der Waals surface area contributed by atoms with E-state index in [-0.39, 0.29) is 11.7 Å². The van der Waals surface area contributed by atoms with Gasteiger partial charge in [-0.2, -0.15) is 0 Å². The van der Waals surface area contributed by atoms with Crippen molar-refractivity contribution in [3.63, 3.8) is 0 Å². The highest BCUT2D eigenvalue weighted by Crippen LogP contribution is 2.37. The van der Waals surface area contributed by atoms with Crippen LogP contribution in [0.4, 0.5) is 4.39 Å². The first-order valence-corrected chi connectivity index (χ1v) is 10.8. The average molecular weight is 438 g/mol. The number of hydrogen-bond acceptors (Lipinski definition) is 5. The summed E-state index contributed by atoms with van der Waals surface area (Å²) in [4.78, 5) is 27.8. The van der Waals surface area contributed by atoms with E-state index in [9.17, 15) is 14.0 Å². The standard InChI is InChI=1S/C25H27FN2O4/c1-31-19-7-5-6-17(14-19)22(25(30)32-2)27-23-20-8-3-4-9-21(20)24(29)28(23)15-16-10-12-18(26)13-11-16/h5-7,10-14,22-23,27H,3-4,8-9,15H2,1-2H3/t22-,23-/m1/s1. The largest absolute Gasteiger partial charge is 0.497 e. The lowest BCUT2D eigenvalue weighted by Gasteiger charge is -2.31. The number of carbonyl (C=O) groups excluding carboxylic acids is 2. The fourth-order valence-electron chi connectivity index (χ4n) is 4.49. The summed E-state index contributed by atoms with van der Waals surface area (Å²) in [6, 6.07) is 12.6. The summed E-state index contributed by atoms with van der Waals surface area (Å²) in [5, 5.41) is 3.39. The molecule has 2 atom stereocenters. The summed E-state index contributed by atoms with van der Waals surface area (Å²) in [6.45, 7) is 0.315. The Morgan fingerprint density at radius 1 is 1.16 bits per heavy atom. The summed E-state index contributed by atoms with van der Waals surface area (Å²) >= 11 is 0. The molecule has 1 N–H and O–H groups in total. The third kappa shape index (κ3) is 4.39. The Bertz CT molecular complexity index is 1030. The molecule has 7 heteroatoms. The number of nitrogens with one attached hydrogen (secondary N) is 1. The van der Waals surface area contributed by atoms with Crippen LogP contribution in [-0.2, 0) is 20.9 Å². The third-order valence-corrected chi connectivity index (χ3v) is 6.13. The number of benzene rings is 2. The SMILES string of the molecule is COC(=O)[C@H](N[C@H]1C2=C(CCCC2)C(=O)N1Cc1ccc(F)cc1)c1cccc(OC)c1. The smallest absolute Gasteiger partial charge is 0.327 e. The van der Waals surface area contributed by atoms with Gasteiger partial charge in [0.1, 0.15) is 23.8 Å². The Morgan fingerprint density at radius 2 is 1.91 bits per heavy atom. The van der Waals surface area contributed by atoms with E-state index in [1.54, 1.807) is 36.3 Å². The normalized spacial score (nSPS) is 19.0. The zero-order valence-corrected chi connectivity index (χ0v) is 18.3. The fourth-order valence-corrected chi connectivity index (χ4v) is 4.49. The van der Waals surface area contributed by atoms with E-state index in [1.807, 2.05) is 12.1 Å². The number of ether oxygens (including phenoxy) is 2. The van der Waals surface area contributed by atoms with Crippen molar-refractivity contribution in [2.24, 2.45) is 0 Å². The Morgan fingerprint density at radius 3 is 2.62 bits per heavy atom. The number of rotatable bonds is 7. The molecule has 0 bridgehead atoms. The lowest BCUT2D eigenvalue weighted by molar-refractivity contribution is -0.144. The Labute approximate surface area is 187 Å². The van der Waals surface area contributed by atoms with Crippen molar-refractivity contribution >= 4 is 11.9 Å². The van der Waals surface area contributed by atoms with Gasteiger partial charge in [-0.05, 0) is 66.6 Å². The quantitative estimate of drug-likeness (QED) is 0.665. The van der Waals surface area contributed by atoms with E-state index in [2.05, 4.69) is 5.32 Å². The van der Waals surface area contributed by atoms with Crippen LogP contribution in [0.2, 0.25) is 0 Å². The van der Waals surface area contributed by atoms with Crippen molar-refractivity contribution in [1.29, 1.82) is 0 Å². The van der Waals surface area contributed by atoms with E-state index in [0.29, 0.717) is 17.9 Å². The van der Waals surface area contributed by atoms with Crippen LogP contribution in [0, 0.1) is 5.82 Å². The molecule has 2 aromatic carbocycles. The number of amides is 1. The zero-order valence-electron chi connectivity index (χ0n) is 18.3. The van der Waals surface area contributed by atoms with Crippen molar-refractivity contribution in [3.8, 4) is 5.75 Å². The molecular formula is C25H27FN2O4. The van der Waals surface area contributed by atoms with Crippen LogP contribution < -0.4 is 10.1 Å². The third-order valence-electron chi connectivity index (χ3n) is 6.13. The first-order chi connectivity index (χ1) is 15.5. The van der Waals surface area contributed by atoms with Gasteiger partial charge in [0, 0.05) is 12.1 Å². The average Bonchev–Trinajstić information content (AvgIpc) is 3.09. The molecule has 0 aromatic heterocycles. The second-order valence-electron chi connectivity index (χ2n) is 8.07. The van der Waals surface area contributed by atoms with Crippen LogP contribution in [0.5, 0.6) is 5.75 Å². The van der Waals surface area contributed by atoms with E-state index in [4.69, 9.17) is 9.47 Å². The lowest BCUT2D eigenvalue weighted by Crippen LogP contribution is -2.48. The monoisotopic (exact) mass is 438 g/mol. The van der Waals surface area contributed by atoms with Gasteiger partial charge in [-0.15, -0.1) is 0 Å². The molecule has 0 saturated heterocycles. The molecule has 1 heterocycles. The van der Waals surface area contributed by atoms with Crippen LogP contribution in [0.25, 0.3) is 0 Å². The number of hydrogen-bond donors (Lipinski definition) is 1. The van der Waals surface area contributed by atoms with Crippen molar-refractivity contribution in [3.05, 3.63) is 76.6 Å². The summed E-state index contributed by atoms with van der Waals surface area (Å²) in [5.41, 5.74) is 3.36. The summed E-state index contributed by atoms with van der Waals surface area (Å²) in [7, 11) is 2.91. The van der Waals surface area contributed by atoms with Crippen LogP contribution in [-0.4, -0.2) is 37.2 Å². The van der Waals surface area contributed by atoms with Gasteiger partial charge in [0.15, 0.2) is 0 Å². The molecule has 0 spiro atoms. The highest BCUT2D eigenvalue weighted by molar-refractivity contribution is 5.98. The molecule has 0 radical (unpaired) electrons. The number of carbonyl (C=O) groups is 2. The molecule has 32 heavy (non-hydrogen) atoms. The zero-order chi connectivity index (χ0) is 22.7. The van der Waals surface area contributed by atoms with E-state index >= 15 is 0 Å². The van der Waals surface area contributed by atoms with Crippen LogP contribution >= 0.6 is 0 Å². The minimum atomic E-state index is -0.780.